The maximum atomic E-state index is 14.0. The van der Waals surface area contributed by atoms with Crippen LogP contribution in [0.4, 0.5) is 10.2 Å². The summed E-state index contributed by atoms with van der Waals surface area (Å²) >= 11 is 0. The van der Waals surface area contributed by atoms with Crippen LogP contribution in [-0.4, -0.2) is 62.8 Å². The Morgan fingerprint density at radius 3 is 2.84 bits per heavy atom. The summed E-state index contributed by atoms with van der Waals surface area (Å²) in [6.07, 6.45) is 2.04. The van der Waals surface area contributed by atoms with Crippen LogP contribution in [0.1, 0.15) is 18.1 Å². The predicted molar refractivity (Wildman–Crippen MR) is 132 cm³/mol. The van der Waals surface area contributed by atoms with Crippen molar-refractivity contribution < 1.29 is 13.9 Å². The van der Waals surface area contributed by atoms with E-state index in [4.69, 9.17) is 9.47 Å². The van der Waals surface area contributed by atoms with Gasteiger partial charge in [-0.25, -0.2) is 9.37 Å². The number of halogens is 2. The van der Waals surface area contributed by atoms with Gasteiger partial charge in [0.25, 0.3) is 0 Å². The number of nitrogens with one attached hydrogen (secondary N) is 1. The lowest BCUT2D eigenvalue weighted by Crippen LogP contribution is -2.41. The fraction of sp³-hybridized carbons (Fsp3) is 0.455. The quantitative estimate of drug-likeness (QED) is 0.343. The molecule has 1 fully saturated rings. The van der Waals surface area contributed by atoms with Crippen LogP contribution in [0.5, 0.6) is 5.75 Å². The van der Waals surface area contributed by atoms with Crippen molar-refractivity contribution in [1.82, 2.24) is 15.2 Å². The number of guanidine groups is 1. The van der Waals surface area contributed by atoms with Crippen LogP contribution in [0.3, 0.4) is 0 Å². The van der Waals surface area contributed by atoms with Crippen molar-refractivity contribution in [3.05, 3.63) is 53.5 Å². The van der Waals surface area contributed by atoms with E-state index in [1.165, 1.54) is 13.2 Å². The number of nitrogens with zero attached hydrogens (tertiary/aromatic N) is 4. The molecule has 3 rings (SSSR count). The largest absolute Gasteiger partial charge is 0.494 e. The van der Waals surface area contributed by atoms with Crippen molar-refractivity contribution in [2.24, 2.45) is 4.99 Å². The minimum Gasteiger partial charge on any atom is -0.494 e. The molecular formula is C22H31FIN5O2. The minimum atomic E-state index is -0.368. The third-order valence-corrected chi connectivity index (χ3v) is 5.03. The number of methoxy groups -OCH3 is 1. The number of hydrogen-bond donors (Lipinski definition) is 1. The maximum Gasteiger partial charge on any atom is 0.193 e. The zero-order valence-electron chi connectivity index (χ0n) is 18.5. The Bertz CT molecular complexity index is 883. The molecule has 1 aliphatic rings. The number of morpholine rings is 1. The summed E-state index contributed by atoms with van der Waals surface area (Å²) in [5.41, 5.74) is 1.95. The van der Waals surface area contributed by atoms with E-state index in [1.807, 2.05) is 30.3 Å². The first kappa shape index (κ1) is 25.1. The molecule has 2 heterocycles. The molecule has 0 amide bonds. The van der Waals surface area contributed by atoms with Crippen molar-refractivity contribution in [2.45, 2.75) is 26.1 Å². The lowest BCUT2D eigenvalue weighted by Gasteiger charge is -2.32. The Morgan fingerprint density at radius 1 is 1.35 bits per heavy atom. The van der Waals surface area contributed by atoms with Gasteiger partial charge in [0.05, 0.1) is 19.8 Å². The van der Waals surface area contributed by atoms with Crippen LogP contribution >= 0.6 is 24.0 Å². The number of ether oxygens (including phenoxy) is 2. The molecule has 1 N–H and O–H groups in total. The molecule has 1 unspecified atom stereocenters. The maximum absolute atomic E-state index is 14.0. The number of rotatable bonds is 6. The second-order valence-corrected chi connectivity index (χ2v) is 7.38. The molecule has 1 aromatic carbocycles. The lowest BCUT2D eigenvalue weighted by molar-refractivity contribution is 0.0529. The highest BCUT2D eigenvalue weighted by Crippen LogP contribution is 2.19. The highest BCUT2D eigenvalue weighted by molar-refractivity contribution is 14.0. The third kappa shape index (κ3) is 6.93. The predicted octanol–water partition coefficient (Wildman–Crippen LogP) is 3.28. The molecule has 0 radical (unpaired) electrons. The lowest BCUT2D eigenvalue weighted by atomic mass is 10.2. The molecule has 0 spiro atoms. The van der Waals surface area contributed by atoms with Gasteiger partial charge in [-0.1, -0.05) is 6.07 Å². The second-order valence-electron chi connectivity index (χ2n) is 7.38. The molecule has 0 aliphatic carbocycles. The topological polar surface area (TPSA) is 62.2 Å². The fourth-order valence-corrected chi connectivity index (χ4v) is 3.49. The Kier molecular flexibility index (Phi) is 9.76. The van der Waals surface area contributed by atoms with Crippen molar-refractivity contribution >= 4 is 35.8 Å². The van der Waals surface area contributed by atoms with E-state index in [0.29, 0.717) is 19.7 Å². The zero-order valence-corrected chi connectivity index (χ0v) is 20.8. The number of hydrogen-bond acceptors (Lipinski definition) is 5. The monoisotopic (exact) mass is 543 g/mol. The number of aromatic nitrogens is 1. The molecule has 7 nitrogen and oxygen atoms in total. The summed E-state index contributed by atoms with van der Waals surface area (Å²) < 4.78 is 24.6. The van der Waals surface area contributed by atoms with Gasteiger partial charge in [-0.3, -0.25) is 4.99 Å². The summed E-state index contributed by atoms with van der Waals surface area (Å²) in [6.45, 7) is 5.61. The van der Waals surface area contributed by atoms with Crippen LogP contribution in [0.15, 0.2) is 41.5 Å². The Labute approximate surface area is 200 Å². The van der Waals surface area contributed by atoms with Crippen molar-refractivity contribution in [1.29, 1.82) is 0 Å². The molecule has 31 heavy (non-hydrogen) atoms. The normalized spacial score (nSPS) is 16.5. The van der Waals surface area contributed by atoms with Gasteiger partial charge in [0.15, 0.2) is 17.5 Å². The van der Waals surface area contributed by atoms with Gasteiger partial charge in [0.2, 0.25) is 0 Å². The summed E-state index contributed by atoms with van der Waals surface area (Å²) in [5, 5.41) is 3.37. The molecule has 1 saturated heterocycles. The molecule has 0 bridgehead atoms. The first-order valence-corrected chi connectivity index (χ1v) is 10.1. The number of benzene rings is 1. The van der Waals surface area contributed by atoms with Gasteiger partial charge in [-0.15, -0.1) is 24.0 Å². The van der Waals surface area contributed by atoms with Gasteiger partial charge in [0, 0.05) is 46.5 Å². The van der Waals surface area contributed by atoms with E-state index >= 15 is 0 Å². The average Bonchev–Trinajstić information content (AvgIpc) is 2.74. The molecule has 1 aromatic heterocycles. The average molecular weight is 543 g/mol. The summed E-state index contributed by atoms with van der Waals surface area (Å²) in [6, 6.07) is 9.06. The first-order chi connectivity index (χ1) is 14.5. The first-order valence-electron chi connectivity index (χ1n) is 10.1. The van der Waals surface area contributed by atoms with Gasteiger partial charge >= 0.3 is 0 Å². The smallest absolute Gasteiger partial charge is 0.193 e. The molecular weight excluding hydrogens is 512 g/mol. The van der Waals surface area contributed by atoms with E-state index in [-0.39, 0.29) is 41.6 Å². The second kappa shape index (κ2) is 12.0. The number of aliphatic imine (C=N–C) groups is 1. The van der Waals surface area contributed by atoms with Crippen LogP contribution in [-0.2, 0) is 17.8 Å². The number of pyridine rings is 1. The van der Waals surface area contributed by atoms with E-state index in [9.17, 15) is 4.39 Å². The van der Waals surface area contributed by atoms with E-state index in [1.54, 1.807) is 13.1 Å². The highest BCUT2D eigenvalue weighted by Gasteiger charge is 2.18. The van der Waals surface area contributed by atoms with Crippen molar-refractivity contribution in [3.63, 3.8) is 0 Å². The summed E-state index contributed by atoms with van der Waals surface area (Å²) in [4.78, 5) is 13.1. The molecule has 0 saturated carbocycles. The van der Waals surface area contributed by atoms with Crippen LogP contribution in [0.2, 0.25) is 0 Å². The van der Waals surface area contributed by atoms with E-state index in [0.717, 1.165) is 36.0 Å². The Morgan fingerprint density at radius 2 is 2.16 bits per heavy atom. The molecule has 9 heteroatoms. The van der Waals surface area contributed by atoms with Gasteiger partial charge in [-0.05, 0) is 42.3 Å². The zero-order chi connectivity index (χ0) is 21.5. The number of anilines is 1. The van der Waals surface area contributed by atoms with Crippen molar-refractivity contribution in [3.8, 4) is 5.75 Å². The Hall–Kier alpha value is -2.14. The third-order valence-electron chi connectivity index (χ3n) is 5.03. The SMILES string of the molecule is CN=C(NCc1ccnc(N2CCOC(C)C2)c1)N(C)Cc1ccc(OC)c(F)c1.I. The minimum absolute atomic E-state index is 0. The summed E-state index contributed by atoms with van der Waals surface area (Å²) in [5.74, 6) is 1.56. The Balaban J connectivity index is 0.00000341. The van der Waals surface area contributed by atoms with Crippen LogP contribution < -0.4 is 15.0 Å². The molecule has 1 atom stereocenters. The van der Waals surface area contributed by atoms with Crippen LogP contribution in [0, 0.1) is 5.82 Å². The van der Waals surface area contributed by atoms with Gasteiger partial charge < -0.3 is 24.6 Å². The van der Waals surface area contributed by atoms with E-state index in [2.05, 4.69) is 33.2 Å². The van der Waals surface area contributed by atoms with Gasteiger partial charge in [0.1, 0.15) is 5.82 Å². The highest BCUT2D eigenvalue weighted by atomic mass is 127. The van der Waals surface area contributed by atoms with E-state index < -0.39 is 0 Å². The van der Waals surface area contributed by atoms with Crippen LogP contribution in [0.25, 0.3) is 0 Å². The van der Waals surface area contributed by atoms with Crippen molar-refractivity contribution in [2.75, 3.05) is 45.8 Å². The standard InChI is InChI=1S/C22H30FN5O2.HI/c1-16-14-28(9-10-30-16)21-12-17(7-8-25-21)13-26-22(24-2)27(3)15-18-5-6-20(29-4)19(23)11-18;/h5-8,11-12,16H,9-10,13-15H2,1-4H3,(H,24,26);1H. The molecule has 2 aromatic rings. The van der Waals surface area contributed by atoms with Gasteiger partial charge in [-0.2, -0.15) is 0 Å². The molecule has 170 valence electrons. The summed E-state index contributed by atoms with van der Waals surface area (Å²) in [7, 11) is 5.12. The molecule has 1 aliphatic heterocycles. The fourth-order valence-electron chi connectivity index (χ4n) is 3.49.